The molecule has 0 atom stereocenters. The number of amides is 3. The van der Waals surface area contributed by atoms with Gasteiger partial charge in [-0.25, -0.2) is 9.18 Å². The molecule has 2 N–H and O–H groups in total. The smallest absolute Gasteiger partial charge is 0.321 e. The van der Waals surface area contributed by atoms with E-state index < -0.39 is 23.3 Å². The maximum atomic E-state index is 14.6. The molecule has 1 aromatic heterocycles. The Morgan fingerprint density at radius 3 is 2.45 bits per heavy atom. The summed E-state index contributed by atoms with van der Waals surface area (Å²) in [6, 6.07) is 12.6. The predicted octanol–water partition coefficient (Wildman–Crippen LogP) is 4.44. The molecule has 31 heavy (non-hydrogen) atoms. The van der Waals surface area contributed by atoms with Gasteiger partial charge < -0.3 is 5.32 Å². The molecule has 0 saturated heterocycles. The predicted molar refractivity (Wildman–Crippen MR) is 119 cm³/mol. The number of hydrogen-bond donors (Lipinski definition) is 2. The number of rotatable bonds is 5. The topological polar surface area (TPSA) is 88.9 Å². The van der Waals surface area contributed by atoms with E-state index in [0.717, 1.165) is 11.8 Å². The standard InChI is InChI=1S/C21H21ClFN5O2S/c1-21(2,3)25-19(30)24-17(29)12-31-20-27-26-18(13-8-4-5-9-14(13)22)28(20)16-11-7-6-10-15(16)23/h4-11H,12H2,1-3H3,(H2,24,25,29,30). The third-order valence-electron chi connectivity index (χ3n) is 3.92. The van der Waals surface area contributed by atoms with Crippen molar-refractivity contribution in [3.05, 3.63) is 59.4 Å². The van der Waals surface area contributed by atoms with Gasteiger partial charge in [0.25, 0.3) is 0 Å². The number of urea groups is 1. The molecule has 0 bridgehead atoms. The number of hydrogen-bond acceptors (Lipinski definition) is 5. The number of imide groups is 1. The summed E-state index contributed by atoms with van der Waals surface area (Å²) in [5, 5.41) is 13.9. The van der Waals surface area contributed by atoms with Gasteiger partial charge in [0.2, 0.25) is 5.91 Å². The Hall–Kier alpha value is -2.91. The molecular formula is C21H21ClFN5O2S. The van der Waals surface area contributed by atoms with Crippen molar-refractivity contribution in [2.75, 3.05) is 5.75 Å². The van der Waals surface area contributed by atoms with Gasteiger partial charge in [-0.15, -0.1) is 10.2 Å². The fourth-order valence-electron chi connectivity index (χ4n) is 2.70. The molecule has 10 heteroatoms. The SMILES string of the molecule is CC(C)(C)NC(=O)NC(=O)CSc1nnc(-c2ccccc2Cl)n1-c1ccccc1F. The highest BCUT2D eigenvalue weighted by Gasteiger charge is 2.21. The van der Waals surface area contributed by atoms with E-state index in [-0.39, 0.29) is 16.6 Å². The Balaban J connectivity index is 1.88. The summed E-state index contributed by atoms with van der Waals surface area (Å²) in [6.07, 6.45) is 0. The molecule has 0 spiro atoms. The second kappa shape index (κ2) is 9.49. The van der Waals surface area contributed by atoms with Gasteiger partial charge in [0.1, 0.15) is 5.82 Å². The molecule has 1 heterocycles. The van der Waals surface area contributed by atoms with E-state index in [2.05, 4.69) is 20.8 Å². The van der Waals surface area contributed by atoms with Crippen molar-refractivity contribution in [3.8, 4) is 17.1 Å². The molecule has 3 amide bonds. The summed E-state index contributed by atoms with van der Waals surface area (Å²) < 4.78 is 16.1. The van der Waals surface area contributed by atoms with Crippen LogP contribution in [0.5, 0.6) is 0 Å². The zero-order chi connectivity index (χ0) is 22.6. The van der Waals surface area contributed by atoms with Crippen molar-refractivity contribution in [1.29, 1.82) is 0 Å². The van der Waals surface area contributed by atoms with Crippen LogP contribution in [0, 0.1) is 5.82 Å². The summed E-state index contributed by atoms with van der Waals surface area (Å²) in [5.74, 6) is -0.781. The molecular weight excluding hydrogens is 441 g/mol. The quantitative estimate of drug-likeness (QED) is 0.548. The van der Waals surface area contributed by atoms with E-state index in [1.54, 1.807) is 63.2 Å². The minimum Gasteiger partial charge on any atom is -0.333 e. The van der Waals surface area contributed by atoms with Crippen LogP contribution in [-0.2, 0) is 4.79 Å². The van der Waals surface area contributed by atoms with Crippen LogP contribution >= 0.6 is 23.4 Å². The minimum atomic E-state index is -0.592. The Morgan fingerprint density at radius 2 is 1.77 bits per heavy atom. The van der Waals surface area contributed by atoms with Crippen molar-refractivity contribution >= 4 is 35.3 Å². The second-order valence-corrected chi connectivity index (χ2v) is 8.96. The van der Waals surface area contributed by atoms with E-state index in [9.17, 15) is 14.0 Å². The van der Waals surface area contributed by atoms with Crippen molar-refractivity contribution in [1.82, 2.24) is 25.4 Å². The number of thioether (sulfide) groups is 1. The summed E-state index contributed by atoms with van der Waals surface area (Å²) in [4.78, 5) is 24.1. The van der Waals surface area contributed by atoms with Gasteiger partial charge in [-0.2, -0.15) is 0 Å². The fourth-order valence-corrected chi connectivity index (χ4v) is 3.66. The van der Waals surface area contributed by atoms with E-state index >= 15 is 0 Å². The van der Waals surface area contributed by atoms with Gasteiger partial charge in [-0.3, -0.25) is 14.7 Å². The first kappa shape index (κ1) is 22.8. The number of halogens is 2. The van der Waals surface area contributed by atoms with E-state index in [1.807, 2.05) is 0 Å². The highest BCUT2D eigenvalue weighted by molar-refractivity contribution is 7.99. The molecule has 0 unspecified atom stereocenters. The maximum absolute atomic E-state index is 14.6. The van der Waals surface area contributed by atoms with E-state index in [4.69, 9.17) is 11.6 Å². The normalized spacial score (nSPS) is 11.3. The van der Waals surface area contributed by atoms with Gasteiger partial charge >= 0.3 is 6.03 Å². The zero-order valence-corrected chi connectivity index (χ0v) is 18.7. The number of para-hydroxylation sites is 1. The fraction of sp³-hybridized carbons (Fsp3) is 0.238. The van der Waals surface area contributed by atoms with Gasteiger partial charge in [0.15, 0.2) is 11.0 Å². The molecule has 0 saturated carbocycles. The van der Waals surface area contributed by atoms with E-state index in [1.165, 1.54) is 10.6 Å². The van der Waals surface area contributed by atoms with Crippen molar-refractivity contribution in [2.45, 2.75) is 31.5 Å². The average molecular weight is 462 g/mol. The summed E-state index contributed by atoms with van der Waals surface area (Å²) in [6.45, 7) is 5.41. The Labute approximate surface area is 188 Å². The third-order valence-corrected chi connectivity index (χ3v) is 5.17. The van der Waals surface area contributed by atoms with Crippen LogP contribution in [0.25, 0.3) is 17.1 Å². The molecule has 2 aromatic carbocycles. The lowest BCUT2D eigenvalue weighted by atomic mass is 10.1. The summed E-state index contributed by atoms with van der Waals surface area (Å²) in [7, 11) is 0. The monoisotopic (exact) mass is 461 g/mol. The Bertz CT molecular complexity index is 1110. The lowest BCUT2D eigenvalue weighted by molar-refractivity contribution is -0.117. The molecule has 0 fully saturated rings. The maximum Gasteiger partial charge on any atom is 0.321 e. The largest absolute Gasteiger partial charge is 0.333 e. The third kappa shape index (κ3) is 5.83. The summed E-state index contributed by atoms with van der Waals surface area (Å²) in [5.41, 5.74) is 0.309. The van der Waals surface area contributed by atoms with Gasteiger partial charge in [-0.1, -0.05) is 47.6 Å². The zero-order valence-electron chi connectivity index (χ0n) is 17.1. The molecule has 162 valence electrons. The van der Waals surface area contributed by atoms with Crippen molar-refractivity contribution in [3.63, 3.8) is 0 Å². The van der Waals surface area contributed by atoms with Crippen molar-refractivity contribution < 1.29 is 14.0 Å². The number of nitrogens with zero attached hydrogens (tertiary/aromatic N) is 3. The lowest BCUT2D eigenvalue weighted by Gasteiger charge is -2.20. The molecule has 3 rings (SSSR count). The van der Waals surface area contributed by atoms with Crippen LogP contribution in [0.15, 0.2) is 53.7 Å². The van der Waals surface area contributed by atoms with Crippen LogP contribution in [0.3, 0.4) is 0 Å². The van der Waals surface area contributed by atoms with Crippen LogP contribution in [0.4, 0.5) is 9.18 Å². The number of aromatic nitrogens is 3. The number of benzene rings is 2. The number of nitrogens with one attached hydrogen (secondary N) is 2. The highest BCUT2D eigenvalue weighted by Crippen LogP contribution is 2.32. The average Bonchev–Trinajstić information content (AvgIpc) is 3.09. The Morgan fingerprint density at radius 1 is 1.10 bits per heavy atom. The van der Waals surface area contributed by atoms with Crippen LogP contribution in [-0.4, -0.2) is 38.0 Å². The molecule has 0 aliphatic rings. The molecule has 0 aliphatic heterocycles. The summed E-state index contributed by atoms with van der Waals surface area (Å²) >= 11 is 7.34. The molecule has 0 aliphatic carbocycles. The molecule has 3 aromatic rings. The van der Waals surface area contributed by atoms with Crippen LogP contribution in [0.1, 0.15) is 20.8 Å². The first-order valence-corrected chi connectivity index (χ1v) is 10.7. The minimum absolute atomic E-state index is 0.118. The van der Waals surface area contributed by atoms with E-state index in [0.29, 0.717) is 16.4 Å². The first-order valence-electron chi connectivity index (χ1n) is 9.36. The first-order chi connectivity index (χ1) is 14.7. The second-order valence-electron chi connectivity index (χ2n) is 7.61. The number of carbonyl (C=O) groups is 2. The van der Waals surface area contributed by atoms with Gasteiger partial charge in [0, 0.05) is 11.1 Å². The van der Waals surface area contributed by atoms with Crippen LogP contribution in [0.2, 0.25) is 5.02 Å². The van der Waals surface area contributed by atoms with Crippen LogP contribution < -0.4 is 10.6 Å². The van der Waals surface area contributed by atoms with Crippen molar-refractivity contribution in [2.24, 2.45) is 0 Å². The number of carbonyl (C=O) groups excluding carboxylic acids is 2. The molecule has 0 radical (unpaired) electrons. The highest BCUT2D eigenvalue weighted by atomic mass is 35.5. The van der Waals surface area contributed by atoms with Gasteiger partial charge in [0.05, 0.1) is 16.5 Å². The lowest BCUT2D eigenvalue weighted by Crippen LogP contribution is -2.48. The van der Waals surface area contributed by atoms with Gasteiger partial charge in [-0.05, 0) is 45.0 Å². The molecule has 7 nitrogen and oxygen atoms in total. The Kier molecular flexibility index (Phi) is 6.97.